The van der Waals surface area contributed by atoms with Crippen molar-refractivity contribution >= 4 is 17.4 Å². The van der Waals surface area contributed by atoms with E-state index in [1.807, 2.05) is 42.5 Å². The second kappa shape index (κ2) is 9.06. The molecule has 0 spiro atoms. The molecule has 0 radical (unpaired) electrons. The van der Waals surface area contributed by atoms with Crippen LogP contribution in [0.15, 0.2) is 48.7 Å². The molecule has 1 aliphatic carbocycles. The Bertz CT molecular complexity index is 650. The van der Waals surface area contributed by atoms with E-state index < -0.39 is 0 Å². The molecule has 2 N–H and O–H groups in total. The molecule has 25 heavy (non-hydrogen) atoms. The van der Waals surface area contributed by atoms with Crippen molar-refractivity contribution in [3.8, 4) is 5.75 Å². The Morgan fingerprint density at radius 1 is 1.04 bits per heavy atom. The summed E-state index contributed by atoms with van der Waals surface area (Å²) in [7, 11) is 0. The van der Waals surface area contributed by atoms with Gasteiger partial charge in [0.05, 0.1) is 11.9 Å². The molecule has 1 amide bonds. The summed E-state index contributed by atoms with van der Waals surface area (Å²) in [4.78, 5) is 16.4. The summed E-state index contributed by atoms with van der Waals surface area (Å²) in [5.74, 6) is 1.35. The number of amides is 1. The normalized spacial score (nSPS) is 15.2. The molecule has 1 fully saturated rings. The van der Waals surface area contributed by atoms with E-state index in [0.29, 0.717) is 17.5 Å². The van der Waals surface area contributed by atoms with Gasteiger partial charge in [-0.3, -0.25) is 4.79 Å². The number of hydrogen-bond acceptors (Lipinski definition) is 4. The van der Waals surface area contributed by atoms with E-state index in [2.05, 4.69) is 15.6 Å². The monoisotopic (exact) mass is 339 g/mol. The van der Waals surface area contributed by atoms with Crippen LogP contribution in [-0.2, 0) is 4.79 Å². The second-order valence-electron chi connectivity index (χ2n) is 6.41. The molecule has 0 bridgehead atoms. The molecule has 1 aromatic heterocycles. The maximum absolute atomic E-state index is 11.9. The maximum Gasteiger partial charge on any atom is 0.262 e. The minimum atomic E-state index is -0.199. The molecule has 5 nitrogen and oxygen atoms in total. The lowest BCUT2D eigenvalue weighted by molar-refractivity contribution is -0.118. The first kappa shape index (κ1) is 17.3. The zero-order valence-electron chi connectivity index (χ0n) is 14.4. The van der Waals surface area contributed by atoms with Crippen molar-refractivity contribution in [2.24, 2.45) is 0 Å². The third kappa shape index (κ3) is 5.78. The number of anilines is 2. The Kier molecular flexibility index (Phi) is 6.26. The van der Waals surface area contributed by atoms with Crippen LogP contribution in [0.5, 0.6) is 5.75 Å². The number of carbonyl (C=O) groups excluding carboxylic acids is 1. The molecule has 5 heteroatoms. The topological polar surface area (TPSA) is 63.2 Å². The zero-order chi connectivity index (χ0) is 17.3. The lowest BCUT2D eigenvalue weighted by Crippen LogP contribution is -2.21. The SMILES string of the molecule is O=C(COc1ccccc1)Nc1ccc(NC2CCCCCC2)nc1. The summed E-state index contributed by atoms with van der Waals surface area (Å²) >= 11 is 0. The molecular formula is C20H25N3O2. The fourth-order valence-corrected chi connectivity index (χ4v) is 3.05. The molecule has 2 aromatic rings. The molecule has 1 heterocycles. The number of ether oxygens (including phenoxy) is 1. The van der Waals surface area contributed by atoms with Crippen molar-refractivity contribution in [3.05, 3.63) is 48.7 Å². The zero-order valence-corrected chi connectivity index (χ0v) is 14.4. The summed E-state index contributed by atoms with van der Waals surface area (Å²) in [6, 6.07) is 13.6. The summed E-state index contributed by atoms with van der Waals surface area (Å²) in [6.07, 6.45) is 9.33. The average molecular weight is 339 g/mol. The van der Waals surface area contributed by atoms with Gasteiger partial charge in [0.2, 0.25) is 0 Å². The first-order valence-corrected chi connectivity index (χ1v) is 9.00. The van der Waals surface area contributed by atoms with Crippen molar-refractivity contribution < 1.29 is 9.53 Å². The Morgan fingerprint density at radius 3 is 2.48 bits per heavy atom. The Balaban J connectivity index is 1.46. The number of benzene rings is 1. The van der Waals surface area contributed by atoms with E-state index in [0.717, 1.165) is 5.82 Å². The number of rotatable bonds is 6. The molecule has 0 saturated heterocycles. The Labute approximate surface area is 148 Å². The van der Waals surface area contributed by atoms with Crippen LogP contribution in [-0.4, -0.2) is 23.5 Å². The quantitative estimate of drug-likeness (QED) is 0.773. The largest absolute Gasteiger partial charge is 0.484 e. The van der Waals surface area contributed by atoms with Gasteiger partial charge in [0.25, 0.3) is 5.91 Å². The van der Waals surface area contributed by atoms with Gasteiger partial charge in [0.15, 0.2) is 6.61 Å². The van der Waals surface area contributed by atoms with Crippen LogP contribution in [0, 0.1) is 0 Å². The minimum absolute atomic E-state index is 0.0217. The number of carbonyl (C=O) groups is 1. The maximum atomic E-state index is 11.9. The van der Waals surface area contributed by atoms with E-state index in [4.69, 9.17) is 4.74 Å². The van der Waals surface area contributed by atoms with E-state index in [1.165, 1.54) is 38.5 Å². The molecule has 1 aliphatic rings. The van der Waals surface area contributed by atoms with E-state index in [1.54, 1.807) is 6.20 Å². The minimum Gasteiger partial charge on any atom is -0.484 e. The van der Waals surface area contributed by atoms with Crippen LogP contribution in [0.3, 0.4) is 0 Å². The molecule has 1 saturated carbocycles. The highest BCUT2D eigenvalue weighted by atomic mass is 16.5. The second-order valence-corrected chi connectivity index (χ2v) is 6.41. The lowest BCUT2D eigenvalue weighted by atomic mass is 10.1. The highest BCUT2D eigenvalue weighted by Crippen LogP contribution is 2.20. The average Bonchev–Trinajstić information content (AvgIpc) is 2.91. The van der Waals surface area contributed by atoms with Gasteiger partial charge in [0, 0.05) is 6.04 Å². The standard InChI is InChI=1S/C20H25N3O2/c24-20(15-25-18-10-6-3-7-11-18)23-17-12-13-19(21-14-17)22-16-8-4-1-2-5-9-16/h3,6-7,10-14,16H,1-2,4-5,8-9,15H2,(H,21,22)(H,23,24). The predicted octanol–water partition coefficient (Wildman–Crippen LogP) is 4.23. The van der Waals surface area contributed by atoms with Gasteiger partial charge in [-0.2, -0.15) is 0 Å². The molecular weight excluding hydrogens is 314 g/mol. The van der Waals surface area contributed by atoms with Gasteiger partial charge in [-0.25, -0.2) is 4.98 Å². The molecule has 0 unspecified atom stereocenters. The Morgan fingerprint density at radius 2 is 1.80 bits per heavy atom. The van der Waals surface area contributed by atoms with Crippen LogP contribution >= 0.6 is 0 Å². The van der Waals surface area contributed by atoms with E-state index in [-0.39, 0.29) is 12.5 Å². The summed E-state index contributed by atoms with van der Waals surface area (Å²) in [6.45, 7) is -0.0217. The third-order valence-electron chi connectivity index (χ3n) is 4.37. The number of hydrogen-bond donors (Lipinski definition) is 2. The summed E-state index contributed by atoms with van der Waals surface area (Å²) in [5, 5.41) is 6.30. The Hall–Kier alpha value is -2.56. The van der Waals surface area contributed by atoms with Gasteiger partial charge >= 0.3 is 0 Å². The smallest absolute Gasteiger partial charge is 0.262 e. The third-order valence-corrected chi connectivity index (χ3v) is 4.37. The number of pyridine rings is 1. The van der Waals surface area contributed by atoms with Crippen molar-refractivity contribution in [2.75, 3.05) is 17.2 Å². The number of nitrogens with one attached hydrogen (secondary N) is 2. The van der Waals surface area contributed by atoms with E-state index >= 15 is 0 Å². The molecule has 132 valence electrons. The fourth-order valence-electron chi connectivity index (χ4n) is 3.05. The van der Waals surface area contributed by atoms with Gasteiger partial charge in [0.1, 0.15) is 11.6 Å². The summed E-state index contributed by atoms with van der Waals surface area (Å²) in [5.41, 5.74) is 0.674. The first-order chi connectivity index (χ1) is 12.3. The van der Waals surface area contributed by atoms with Crippen molar-refractivity contribution in [1.29, 1.82) is 0 Å². The first-order valence-electron chi connectivity index (χ1n) is 9.00. The predicted molar refractivity (Wildman–Crippen MR) is 99.9 cm³/mol. The molecule has 3 rings (SSSR count). The lowest BCUT2D eigenvalue weighted by Gasteiger charge is -2.17. The molecule has 1 aromatic carbocycles. The van der Waals surface area contributed by atoms with Crippen LogP contribution < -0.4 is 15.4 Å². The highest BCUT2D eigenvalue weighted by Gasteiger charge is 2.12. The molecule has 0 aliphatic heterocycles. The van der Waals surface area contributed by atoms with Crippen LogP contribution in [0.25, 0.3) is 0 Å². The number of aromatic nitrogens is 1. The van der Waals surface area contributed by atoms with Gasteiger partial charge in [-0.15, -0.1) is 0 Å². The van der Waals surface area contributed by atoms with Crippen LogP contribution in [0.1, 0.15) is 38.5 Å². The number of nitrogens with zero attached hydrogens (tertiary/aromatic N) is 1. The van der Waals surface area contributed by atoms with E-state index in [9.17, 15) is 4.79 Å². The van der Waals surface area contributed by atoms with Crippen molar-refractivity contribution in [2.45, 2.75) is 44.6 Å². The summed E-state index contributed by atoms with van der Waals surface area (Å²) < 4.78 is 5.43. The van der Waals surface area contributed by atoms with Gasteiger partial charge in [-0.1, -0.05) is 43.9 Å². The van der Waals surface area contributed by atoms with Gasteiger partial charge in [-0.05, 0) is 37.1 Å². The van der Waals surface area contributed by atoms with Crippen molar-refractivity contribution in [1.82, 2.24) is 4.98 Å². The van der Waals surface area contributed by atoms with Crippen LogP contribution in [0.4, 0.5) is 11.5 Å². The van der Waals surface area contributed by atoms with Crippen LogP contribution in [0.2, 0.25) is 0 Å². The number of para-hydroxylation sites is 1. The highest BCUT2D eigenvalue weighted by molar-refractivity contribution is 5.91. The van der Waals surface area contributed by atoms with Gasteiger partial charge < -0.3 is 15.4 Å². The molecule has 0 atom stereocenters. The van der Waals surface area contributed by atoms with Crippen molar-refractivity contribution in [3.63, 3.8) is 0 Å². The fraction of sp³-hybridized carbons (Fsp3) is 0.400.